The number of rotatable bonds is 4. The lowest BCUT2D eigenvalue weighted by atomic mass is 9.82. The number of phenolic OH excluding ortho intramolecular Hbond substituents is 1. The molecule has 7 heteroatoms. The number of H-pyrrole nitrogens is 1. The number of aromatic hydroxyl groups is 1. The second-order valence-corrected chi connectivity index (χ2v) is 9.13. The number of hydrogen-bond donors (Lipinski definition) is 3. The Kier molecular flexibility index (Phi) is 4.89. The SMILES string of the molecule is Oc1ccccc1-c1cc2c(CC3CCCO3)c(C3C[C@H]4COC[C@@H](C3)N4)[nH]c2nn1. The highest BCUT2D eigenvalue weighted by atomic mass is 16.5. The van der Waals surface area contributed by atoms with E-state index >= 15 is 0 Å². The molecule has 0 aliphatic carbocycles. The minimum absolute atomic E-state index is 0.221. The van der Waals surface area contributed by atoms with Gasteiger partial charge in [-0.1, -0.05) is 12.1 Å². The summed E-state index contributed by atoms with van der Waals surface area (Å²) in [5.41, 5.74) is 4.81. The summed E-state index contributed by atoms with van der Waals surface area (Å²) in [6.07, 6.45) is 5.48. The first-order valence-corrected chi connectivity index (χ1v) is 11.4. The lowest BCUT2D eigenvalue weighted by molar-refractivity contribution is 0.0175. The second kappa shape index (κ2) is 7.89. The van der Waals surface area contributed by atoms with E-state index in [0.29, 0.717) is 29.3 Å². The predicted molar refractivity (Wildman–Crippen MR) is 117 cm³/mol. The molecule has 6 rings (SSSR count). The van der Waals surface area contributed by atoms with Gasteiger partial charge in [-0.2, -0.15) is 0 Å². The third-order valence-corrected chi connectivity index (χ3v) is 6.99. The van der Waals surface area contributed by atoms with Gasteiger partial charge in [0.15, 0.2) is 5.65 Å². The smallest absolute Gasteiger partial charge is 0.160 e. The summed E-state index contributed by atoms with van der Waals surface area (Å²) in [4.78, 5) is 3.63. The third-order valence-electron chi connectivity index (χ3n) is 6.99. The molecule has 3 aliphatic rings. The molecule has 2 unspecified atom stereocenters. The van der Waals surface area contributed by atoms with E-state index in [0.717, 1.165) is 63.0 Å². The van der Waals surface area contributed by atoms with Gasteiger partial charge in [-0.3, -0.25) is 0 Å². The van der Waals surface area contributed by atoms with Crippen LogP contribution in [-0.4, -0.2) is 58.3 Å². The Morgan fingerprint density at radius 2 is 1.94 bits per heavy atom. The fourth-order valence-corrected chi connectivity index (χ4v) is 5.56. The first-order valence-electron chi connectivity index (χ1n) is 11.4. The lowest BCUT2D eigenvalue weighted by Gasteiger charge is -2.40. The molecule has 5 heterocycles. The van der Waals surface area contributed by atoms with Crippen LogP contribution in [0.3, 0.4) is 0 Å². The molecule has 3 aromatic rings. The monoisotopic (exact) mass is 420 g/mol. The Morgan fingerprint density at radius 1 is 1.10 bits per heavy atom. The number of para-hydroxylation sites is 1. The van der Waals surface area contributed by atoms with Crippen LogP contribution in [0.2, 0.25) is 0 Å². The maximum Gasteiger partial charge on any atom is 0.160 e. The summed E-state index contributed by atoms with van der Waals surface area (Å²) in [7, 11) is 0. The van der Waals surface area contributed by atoms with E-state index in [2.05, 4.69) is 26.6 Å². The molecule has 3 saturated heterocycles. The van der Waals surface area contributed by atoms with Crippen molar-refractivity contribution in [2.75, 3.05) is 19.8 Å². The molecule has 0 radical (unpaired) electrons. The van der Waals surface area contributed by atoms with Crippen molar-refractivity contribution >= 4 is 11.0 Å². The molecule has 162 valence electrons. The van der Waals surface area contributed by atoms with Crippen molar-refractivity contribution in [2.24, 2.45) is 0 Å². The van der Waals surface area contributed by atoms with E-state index in [9.17, 15) is 5.11 Å². The summed E-state index contributed by atoms with van der Waals surface area (Å²) in [5, 5.41) is 24.1. The van der Waals surface area contributed by atoms with Gasteiger partial charge in [-0.05, 0) is 49.4 Å². The highest BCUT2D eigenvalue weighted by molar-refractivity contribution is 5.85. The number of piperidine rings is 1. The Hall–Kier alpha value is -2.48. The average molecular weight is 421 g/mol. The molecule has 2 aromatic heterocycles. The minimum atomic E-state index is 0.221. The Morgan fingerprint density at radius 3 is 2.71 bits per heavy atom. The Labute approximate surface area is 181 Å². The largest absolute Gasteiger partial charge is 0.507 e. The Bertz CT molecular complexity index is 1080. The van der Waals surface area contributed by atoms with Gasteiger partial charge in [0.2, 0.25) is 0 Å². The number of benzene rings is 1. The summed E-state index contributed by atoms with van der Waals surface area (Å²) in [6, 6.07) is 10.2. The molecule has 0 amide bonds. The van der Waals surface area contributed by atoms with Crippen LogP contribution < -0.4 is 5.32 Å². The van der Waals surface area contributed by atoms with Gasteiger partial charge in [0.05, 0.1) is 25.0 Å². The number of aromatic amines is 1. The molecule has 4 atom stereocenters. The van der Waals surface area contributed by atoms with E-state index in [1.165, 1.54) is 11.3 Å². The highest BCUT2D eigenvalue weighted by Gasteiger charge is 2.35. The molecule has 7 nitrogen and oxygen atoms in total. The van der Waals surface area contributed by atoms with Crippen molar-refractivity contribution in [1.82, 2.24) is 20.5 Å². The number of nitrogens with zero attached hydrogens (tertiary/aromatic N) is 2. The van der Waals surface area contributed by atoms with Crippen LogP contribution in [0.5, 0.6) is 5.75 Å². The molecule has 31 heavy (non-hydrogen) atoms. The molecule has 3 aliphatic heterocycles. The zero-order valence-corrected chi connectivity index (χ0v) is 17.5. The van der Waals surface area contributed by atoms with Gasteiger partial charge in [0.1, 0.15) is 5.75 Å². The highest BCUT2D eigenvalue weighted by Crippen LogP contribution is 2.39. The van der Waals surface area contributed by atoms with Gasteiger partial charge in [0, 0.05) is 47.7 Å². The van der Waals surface area contributed by atoms with E-state index in [-0.39, 0.29) is 11.9 Å². The van der Waals surface area contributed by atoms with Gasteiger partial charge >= 0.3 is 0 Å². The fraction of sp³-hybridized carbons (Fsp3) is 0.500. The maximum absolute atomic E-state index is 10.3. The van der Waals surface area contributed by atoms with Crippen LogP contribution in [0.15, 0.2) is 30.3 Å². The molecule has 0 saturated carbocycles. The lowest BCUT2D eigenvalue weighted by Crippen LogP contribution is -2.53. The van der Waals surface area contributed by atoms with Crippen LogP contribution in [0.1, 0.15) is 42.9 Å². The summed E-state index contributed by atoms with van der Waals surface area (Å²) >= 11 is 0. The number of hydrogen-bond acceptors (Lipinski definition) is 6. The second-order valence-electron chi connectivity index (χ2n) is 9.13. The summed E-state index contributed by atoms with van der Waals surface area (Å²) < 4.78 is 11.8. The molecule has 3 fully saturated rings. The Balaban J connectivity index is 1.44. The molecule has 3 N–H and O–H groups in total. The van der Waals surface area contributed by atoms with Crippen molar-refractivity contribution in [2.45, 2.75) is 56.2 Å². The zero-order valence-electron chi connectivity index (χ0n) is 17.5. The van der Waals surface area contributed by atoms with Crippen molar-refractivity contribution in [3.05, 3.63) is 41.6 Å². The van der Waals surface area contributed by atoms with Gasteiger partial charge in [-0.15, -0.1) is 10.2 Å². The van der Waals surface area contributed by atoms with Crippen molar-refractivity contribution < 1.29 is 14.6 Å². The minimum Gasteiger partial charge on any atom is -0.507 e. The first kappa shape index (κ1) is 19.2. The van der Waals surface area contributed by atoms with Gasteiger partial charge < -0.3 is 24.9 Å². The van der Waals surface area contributed by atoms with Crippen LogP contribution in [0, 0.1) is 0 Å². The zero-order chi connectivity index (χ0) is 20.8. The molecule has 1 aromatic carbocycles. The van der Waals surface area contributed by atoms with Crippen LogP contribution in [0.4, 0.5) is 0 Å². The third kappa shape index (κ3) is 3.60. The fourth-order valence-electron chi connectivity index (χ4n) is 5.56. The summed E-state index contributed by atoms with van der Waals surface area (Å²) in [5.74, 6) is 0.665. The average Bonchev–Trinajstić information content (AvgIpc) is 3.42. The van der Waals surface area contributed by atoms with E-state index in [4.69, 9.17) is 9.47 Å². The number of ether oxygens (including phenoxy) is 2. The number of fused-ring (bicyclic) bond motifs is 3. The van der Waals surface area contributed by atoms with Crippen molar-refractivity contribution in [3.63, 3.8) is 0 Å². The topological polar surface area (TPSA) is 92.3 Å². The molecular weight excluding hydrogens is 392 g/mol. The number of aromatic nitrogens is 3. The standard InChI is InChI=1S/C24H28N4O3/c29-22-6-2-1-5-18(22)21-11-20-19(10-17-4-3-7-31-17)23(26-24(20)28-27-21)14-8-15-12-30-13-16(9-14)25-15/h1-2,5-6,11,14-17,25,29H,3-4,7-10,12-13H2,(H,26,28)/t14?,15-,16+,17?. The van der Waals surface area contributed by atoms with Crippen LogP contribution >= 0.6 is 0 Å². The quantitative estimate of drug-likeness (QED) is 0.600. The van der Waals surface area contributed by atoms with E-state index in [1.54, 1.807) is 6.07 Å². The predicted octanol–water partition coefficient (Wildman–Crippen LogP) is 3.29. The van der Waals surface area contributed by atoms with Crippen molar-refractivity contribution in [1.29, 1.82) is 0 Å². The first-order chi connectivity index (χ1) is 15.2. The van der Waals surface area contributed by atoms with Gasteiger partial charge in [-0.25, -0.2) is 0 Å². The normalized spacial score (nSPS) is 28.3. The van der Waals surface area contributed by atoms with E-state index in [1.807, 2.05) is 18.2 Å². The maximum atomic E-state index is 10.3. The number of phenols is 1. The van der Waals surface area contributed by atoms with Gasteiger partial charge in [0.25, 0.3) is 0 Å². The number of morpholine rings is 1. The van der Waals surface area contributed by atoms with Crippen molar-refractivity contribution in [3.8, 4) is 17.0 Å². The number of nitrogens with one attached hydrogen (secondary N) is 2. The molecule has 0 spiro atoms. The van der Waals surface area contributed by atoms with E-state index < -0.39 is 0 Å². The van der Waals surface area contributed by atoms with Crippen LogP contribution in [-0.2, 0) is 15.9 Å². The summed E-state index contributed by atoms with van der Waals surface area (Å²) in [6.45, 7) is 2.41. The molecule has 2 bridgehead atoms. The molecular formula is C24H28N4O3. The van der Waals surface area contributed by atoms with Crippen LogP contribution in [0.25, 0.3) is 22.3 Å².